The Bertz CT molecular complexity index is 493. The number of ether oxygens (including phenoxy) is 1. The van der Waals surface area contributed by atoms with Crippen molar-refractivity contribution in [1.29, 1.82) is 0 Å². The number of nitrogens with one attached hydrogen (secondary N) is 1. The van der Waals surface area contributed by atoms with E-state index < -0.39 is 23.7 Å². The van der Waals surface area contributed by atoms with Crippen LogP contribution in [0.5, 0.6) is 0 Å². The van der Waals surface area contributed by atoms with Crippen molar-refractivity contribution in [2.75, 3.05) is 5.32 Å². The van der Waals surface area contributed by atoms with Crippen molar-refractivity contribution in [2.45, 2.75) is 39.3 Å². The van der Waals surface area contributed by atoms with Gasteiger partial charge in [-0.1, -0.05) is 11.3 Å². The quantitative estimate of drug-likeness (QED) is 0.782. The number of carboxylic acid groups (broad SMARTS) is 1. The van der Waals surface area contributed by atoms with Crippen molar-refractivity contribution >= 4 is 28.5 Å². The van der Waals surface area contributed by atoms with Gasteiger partial charge in [-0.05, 0) is 27.7 Å². The Morgan fingerprint density at radius 1 is 1.47 bits per heavy atom. The van der Waals surface area contributed by atoms with Gasteiger partial charge in [0.05, 0.1) is 10.6 Å². The maximum Gasteiger partial charge on any atom is 0.413 e. The maximum absolute atomic E-state index is 11.5. The predicted molar refractivity (Wildman–Crippen MR) is 71.3 cm³/mol. The van der Waals surface area contributed by atoms with Crippen LogP contribution in [0.4, 0.5) is 9.93 Å². The second-order valence-corrected chi connectivity index (χ2v) is 5.94. The number of carbonyl (C=O) groups excluding carboxylic acids is 1. The van der Waals surface area contributed by atoms with E-state index in [0.717, 1.165) is 11.3 Å². The lowest BCUT2D eigenvalue weighted by molar-refractivity contribution is -0.138. The van der Waals surface area contributed by atoms with Gasteiger partial charge in [0, 0.05) is 0 Å². The summed E-state index contributed by atoms with van der Waals surface area (Å²) in [6.07, 6.45) is -0.642. The number of hydrogen-bond donors (Lipinski definition) is 3. The molecule has 0 aromatic carbocycles. The number of aryl methyl sites for hydroxylation is 1. The number of thiazole rings is 1. The van der Waals surface area contributed by atoms with Crippen LogP contribution in [-0.4, -0.2) is 27.8 Å². The fourth-order valence-electron chi connectivity index (χ4n) is 1.25. The zero-order valence-electron chi connectivity index (χ0n) is 11.2. The molecule has 0 spiro atoms. The van der Waals surface area contributed by atoms with Gasteiger partial charge in [-0.15, -0.1) is 0 Å². The van der Waals surface area contributed by atoms with Gasteiger partial charge < -0.3 is 15.6 Å². The molecule has 1 amide bonds. The highest BCUT2D eigenvalue weighted by atomic mass is 32.1. The highest BCUT2D eigenvalue weighted by Crippen LogP contribution is 2.27. The molecule has 1 aromatic heterocycles. The number of aliphatic carboxylic acids is 1. The van der Waals surface area contributed by atoms with E-state index in [1.165, 1.54) is 0 Å². The lowest BCUT2D eigenvalue weighted by Crippen LogP contribution is -2.27. The van der Waals surface area contributed by atoms with Crippen molar-refractivity contribution in [2.24, 2.45) is 5.73 Å². The molecule has 7 nitrogen and oxygen atoms in total. The van der Waals surface area contributed by atoms with Crippen LogP contribution in [0.15, 0.2) is 0 Å². The van der Waals surface area contributed by atoms with Crippen molar-refractivity contribution in [3.63, 3.8) is 0 Å². The van der Waals surface area contributed by atoms with Crippen LogP contribution in [0.2, 0.25) is 0 Å². The largest absolute Gasteiger partial charge is 0.480 e. The molecule has 0 fully saturated rings. The minimum absolute atomic E-state index is 0.262. The third kappa shape index (κ3) is 4.49. The number of anilines is 1. The number of rotatable bonds is 3. The SMILES string of the molecule is Cc1nc(NC(=O)OC(C)(C)C)sc1C(N)C(=O)O. The second kappa shape index (κ2) is 5.54. The second-order valence-electron chi connectivity index (χ2n) is 4.91. The molecule has 106 valence electrons. The third-order valence-electron chi connectivity index (χ3n) is 1.99. The standard InChI is InChI=1S/C11H17N3O4S/c1-5-7(6(12)8(15)16)19-9(13-5)14-10(17)18-11(2,3)4/h6H,12H2,1-4H3,(H,15,16)(H,13,14,17). The van der Waals surface area contributed by atoms with Gasteiger partial charge in [0.1, 0.15) is 11.6 Å². The number of nitrogens with zero attached hydrogens (tertiary/aromatic N) is 1. The molecule has 0 bridgehead atoms. The first-order valence-electron chi connectivity index (χ1n) is 5.56. The van der Waals surface area contributed by atoms with Crippen molar-refractivity contribution in [3.05, 3.63) is 10.6 Å². The average molecular weight is 287 g/mol. The Kier molecular flexibility index (Phi) is 4.48. The summed E-state index contributed by atoms with van der Waals surface area (Å²) in [7, 11) is 0. The molecular formula is C11H17N3O4S. The molecule has 0 aliphatic carbocycles. The lowest BCUT2D eigenvalue weighted by Gasteiger charge is -2.18. The van der Waals surface area contributed by atoms with E-state index in [-0.39, 0.29) is 5.13 Å². The Labute approximate surface area is 114 Å². The van der Waals surface area contributed by atoms with Gasteiger partial charge in [-0.25, -0.2) is 9.78 Å². The van der Waals surface area contributed by atoms with Crippen LogP contribution < -0.4 is 11.1 Å². The van der Waals surface area contributed by atoms with Crippen LogP contribution in [-0.2, 0) is 9.53 Å². The molecule has 0 saturated heterocycles. The molecule has 19 heavy (non-hydrogen) atoms. The molecule has 1 unspecified atom stereocenters. The van der Waals surface area contributed by atoms with E-state index in [4.69, 9.17) is 15.6 Å². The van der Waals surface area contributed by atoms with Gasteiger partial charge in [0.15, 0.2) is 5.13 Å². The van der Waals surface area contributed by atoms with Crippen molar-refractivity contribution < 1.29 is 19.4 Å². The van der Waals surface area contributed by atoms with E-state index in [9.17, 15) is 9.59 Å². The molecule has 1 rings (SSSR count). The number of amides is 1. The Morgan fingerprint density at radius 2 is 2.05 bits per heavy atom. The number of aromatic nitrogens is 1. The van der Waals surface area contributed by atoms with E-state index in [0.29, 0.717) is 10.6 Å². The van der Waals surface area contributed by atoms with E-state index in [1.54, 1.807) is 27.7 Å². The zero-order valence-corrected chi connectivity index (χ0v) is 12.0. The van der Waals surface area contributed by atoms with Crippen LogP contribution in [0, 0.1) is 6.92 Å². The summed E-state index contributed by atoms with van der Waals surface area (Å²) in [6, 6.07) is -1.15. The number of hydrogen-bond acceptors (Lipinski definition) is 6. The molecule has 0 saturated carbocycles. The fraction of sp³-hybridized carbons (Fsp3) is 0.545. The maximum atomic E-state index is 11.5. The molecule has 1 heterocycles. The number of carbonyl (C=O) groups is 2. The number of nitrogens with two attached hydrogens (primary N) is 1. The summed E-state index contributed by atoms with van der Waals surface area (Å²) in [4.78, 5) is 26.8. The van der Waals surface area contributed by atoms with Crippen LogP contribution >= 0.6 is 11.3 Å². The molecule has 0 aliphatic heterocycles. The van der Waals surface area contributed by atoms with Crippen molar-refractivity contribution in [1.82, 2.24) is 4.98 Å². The Morgan fingerprint density at radius 3 is 2.53 bits per heavy atom. The average Bonchev–Trinajstić information content (AvgIpc) is 2.54. The minimum Gasteiger partial charge on any atom is -0.480 e. The molecule has 1 atom stereocenters. The van der Waals surface area contributed by atoms with Crippen LogP contribution in [0.1, 0.15) is 37.4 Å². The van der Waals surface area contributed by atoms with Gasteiger partial charge in [0.25, 0.3) is 0 Å². The fourth-order valence-corrected chi connectivity index (χ4v) is 2.20. The van der Waals surface area contributed by atoms with E-state index in [2.05, 4.69) is 10.3 Å². The van der Waals surface area contributed by atoms with Gasteiger partial charge >= 0.3 is 12.1 Å². The lowest BCUT2D eigenvalue weighted by atomic mass is 10.2. The van der Waals surface area contributed by atoms with E-state index in [1.807, 2.05) is 0 Å². The molecule has 1 aromatic rings. The topological polar surface area (TPSA) is 115 Å². The number of carboxylic acids is 1. The summed E-state index contributed by atoms with van der Waals surface area (Å²) in [6.45, 7) is 6.86. The Balaban J connectivity index is 2.79. The van der Waals surface area contributed by atoms with Crippen molar-refractivity contribution in [3.8, 4) is 0 Å². The Hall–Kier alpha value is -1.67. The summed E-state index contributed by atoms with van der Waals surface area (Å²) >= 11 is 1.02. The van der Waals surface area contributed by atoms with Crippen LogP contribution in [0.25, 0.3) is 0 Å². The monoisotopic (exact) mass is 287 g/mol. The first-order valence-corrected chi connectivity index (χ1v) is 6.37. The molecule has 4 N–H and O–H groups in total. The van der Waals surface area contributed by atoms with E-state index >= 15 is 0 Å². The normalized spacial score (nSPS) is 12.9. The summed E-state index contributed by atoms with van der Waals surface area (Å²) in [5.41, 5.74) is 5.37. The summed E-state index contributed by atoms with van der Waals surface area (Å²) in [5.74, 6) is -1.14. The summed E-state index contributed by atoms with van der Waals surface area (Å²) in [5, 5.41) is 11.6. The molecule has 0 aliphatic rings. The highest BCUT2D eigenvalue weighted by Gasteiger charge is 2.22. The summed E-state index contributed by atoms with van der Waals surface area (Å²) < 4.78 is 5.07. The predicted octanol–water partition coefficient (Wildman–Crippen LogP) is 1.88. The first kappa shape index (κ1) is 15.4. The highest BCUT2D eigenvalue weighted by molar-refractivity contribution is 7.16. The molecular weight excluding hydrogens is 270 g/mol. The molecule has 0 radical (unpaired) electrons. The van der Waals surface area contributed by atoms with Gasteiger partial charge in [-0.3, -0.25) is 10.1 Å². The third-order valence-corrected chi connectivity index (χ3v) is 3.14. The van der Waals surface area contributed by atoms with Gasteiger partial charge in [0.2, 0.25) is 0 Å². The zero-order chi connectivity index (χ0) is 14.8. The first-order chi connectivity index (χ1) is 8.60. The minimum atomic E-state index is -1.15. The van der Waals surface area contributed by atoms with Crippen LogP contribution in [0.3, 0.4) is 0 Å². The smallest absolute Gasteiger partial charge is 0.413 e. The van der Waals surface area contributed by atoms with Gasteiger partial charge in [-0.2, -0.15) is 0 Å². The molecule has 8 heteroatoms.